The molecule has 3 nitrogen and oxygen atoms in total. The fraction of sp³-hybridized carbons (Fsp3) is 0.125. The molecule has 3 rings (SSSR count). The number of nitrogens with one attached hydrogen (secondary N) is 1. The molecule has 21 heavy (non-hydrogen) atoms. The van der Waals surface area contributed by atoms with Gasteiger partial charge in [-0.15, -0.1) is 0 Å². The van der Waals surface area contributed by atoms with Gasteiger partial charge >= 0.3 is 0 Å². The second-order valence-corrected chi connectivity index (χ2v) is 6.12. The van der Waals surface area contributed by atoms with Crippen molar-refractivity contribution in [3.05, 3.63) is 63.3 Å². The zero-order valence-electron chi connectivity index (χ0n) is 11.4. The number of hydrogen-bond donors (Lipinski definition) is 1. The van der Waals surface area contributed by atoms with Crippen LogP contribution in [0.3, 0.4) is 0 Å². The summed E-state index contributed by atoms with van der Waals surface area (Å²) >= 11 is 9.48. The number of rotatable bonds is 3. The molecule has 0 spiro atoms. The van der Waals surface area contributed by atoms with Crippen LogP contribution in [0.2, 0.25) is 5.02 Å². The van der Waals surface area contributed by atoms with Crippen molar-refractivity contribution in [1.82, 2.24) is 9.97 Å². The number of benzene rings is 2. The molecule has 0 aliphatic heterocycles. The quantitative estimate of drug-likeness (QED) is 0.715. The van der Waals surface area contributed by atoms with Crippen LogP contribution in [-0.2, 0) is 6.54 Å². The molecule has 0 atom stereocenters. The molecular weight excluding hydrogens is 350 g/mol. The minimum Gasteiger partial charge on any atom is -0.365 e. The van der Waals surface area contributed by atoms with Crippen LogP contribution in [0.15, 0.2) is 46.9 Å². The van der Waals surface area contributed by atoms with Crippen molar-refractivity contribution >= 4 is 44.3 Å². The third-order valence-electron chi connectivity index (χ3n) is 3.12. The molecule has 0 unspecified atom stereocenters. The molecule has 5 heteroatoms. The minimum atomic E-state index is 0.669. The van der Waals surface area contributed by atoms with Gasteiger partial charge in [0.1, 0.15) is 11.6 Å². The highest BCUT2D eigenvalue weighted by molar-refractivity contribution is 9.10. The number of aryl methyl sites for hydroxylation is 1. The fourth-order valence-electron chi connectivity index (χ4n) is 2.19. The standard InChI is InChI=1S/C16H13BrClN3/c1-10-20-15-8-12(17)5-6-14(15)16(21-10)19-9-11-3-2-4-13(18)7-11/h2-8H,9H2,1H3,(H,19,20,21). The van der Waals surface area contributed by atoms with E-state index in [-0.39, 0.29) is 0 Å². The van der Waals surface area contributed by atoms with E-state index in [9.17, 15) is 0 Å². The lowest BCUT2D eigenvalue weighted by Gasteiger charge is -2.10. The summed E-state index contributed by atoms with van der Waals surface area (Å²) in [5, 5.41) is 5.11. The third kappa shape index (κ3) is 3.34. The van der Waals surface area contributed by atoms with Crippen LogP contribution in [0.4, 0.5) is 5.82 Å². The summed E-state index contributed by atoms with van der Waals surface area (Å²) < 4.78 is 1.01. The molecule has 0 aliphatic rings. The van der Waals surface area contributed by atoms with E-state index in [2.05, 4.69) is 31.2 Å². The molecule has 0 fully saturated rings. The normalized spacial score (nSPS) is 10.8. The Bertz CT molecular complexity index is 799. The van der Waals surface area contributed by atoms with Gasteiger partial charge in [0, 0.05) is 21.4 Å². The molecule has 0 bridgehead atoms. The first-order valence-corrected chi connectivity index (χ1v) is 7.71. The number of anilines is 1. The summed E-state index contributed by atoms with van der Waals surface area (Å²) in [6, 6.07) is 13.8. The molecule has 0 amide bonds. The molecule has 2 aromatic carbocycles. The second kappa shape index (κ2) is 6.00. The zero-order chi connectivity index (χ0) is 14.8. The van der Waals surface area contributed by atoms with Crippen LogP contribution in [0.1, 0.15) is 11.4 Å². The van der Waals surface area contributed by atoms with Crippen LogP contribution < -0.4 is 5.32 Å². The molecule has 3 aromatic rings. The summed E-state index contributed by atoms with van der Waals surface area (Å²) in [6.45, 7) is 2.56. The summed E-state index contributed by atoms with van der Waals surface area (Å²) in [5.41, 5.74) is 2.04. The maximum atomic E-state index is 6.01. The zero-order valence-corrected chi connectivity index (χ0v) is 13.7. The number of fused-ring (bicyclic) bond motifs is 1. The Morgan fingerprint density at radius 2 is 2.00 bits per heavy atom. The van der Waals surface area contributed by atoms with Crippen molar-refractivity contribution < 1.29 is 0 Å². The average Bonchev–Trinajstić information content (AvgIpc) is 2.44. The Balaban J connectivity index is 1.93. The van der Waals surface area contributed by atoms with Gasteiger partial charge in [-0.25, -0.2) is 9.97 Å². The third-order valence-corrected chi connectivity index (χ3v) is 3.85. The van der Waals surface area contributed by atoms with Crippen molar-refractivity contribution in [2.24, 2.45) is 0 Å². The van der Waals surface area contributed by atoms with E-state index in [4.69, 9.17) is 11.6 Å². The van der Waals surface area contributed by atoms with Crippen molar-refractivity contribution in [3.63, 3.8) is 0 Å². The van der Waals surface area contributed by atoms with E-state index in [1.165, 1.54) is 0 Å². The Hall–Kier alpha value is -1.65. The Labute approximate surface area is 136 Å². The van der Waals surface area contributed by atoms with Crippen LogP contribution >= 0.6 is 27.5 Å². The lowest BCUT2D eigenvalue weighted by molar-refractivity contribution is 1.05. The Morgan fingerprint density at radius 1 is 1.14 bits per heavy atom. The molecule has 1 aromatic heterocycles. The van der Waals surface area contributed by atoms with Crippen LogP contribution in [0.25, 0.3) is 10.9 Å². The molecule has 1 heterocycles. The lowest BCUT2D eigenvalue weighted by atomic mass is 10.2. The molecular formula is C16H13BrClN3. The molecule has 106 valence electrons. The van der Waals surface area contributed by atoms with E-state index in [1.807, 2.05) is 49.4 Å². The van der Waals surface area contributed by atoms with Crippen LogP contribution in [0.5, 0.6) is 0 Å². The van der Waals surface area contributed by atoms with Crippen molar-refractivity contribution in [3.8, 4) is 0 Å². The average molecular weight is 363 g/mol. The molecule has 0 saturated carbocycles. The predicted octanol–water partition coefficient (Wildman–Crippen LogP) is 4.97. The summed E-state index contributed by atoms with van der Waals surface area (Å²) in [7, 11) is 0. The molecule has 1 N–H and O–H groups in total. The first-order valence-electron chi connectivity index (χ1n) is 6.54. The van der Waals surface area contributed by atoms with Gasteiger partial charge in [0.2, 0.25) is 0 Å². The van der Waals surface area contributed by atoms with Gasteiger partial charge in [-0.2, -0.15) is 0 Å². The highest BCUT2D eigenvalue weighted by atomic mass is 79.9. The van der Waals surface area contributed by atoms with E-state index >= 15 is 0 Å². The van der Waals surface area contributed by atoms with Gasteiger partial charge in [-0.3, -0.25) is 0 Å². The van der Waals surface area contributed by atoms with Crippen molar-refractivity contribution in [1.29, 1.82) is 0 Å². The van der Waals surface area contributed by atoms with Crippen LogP contribution in [0, 0.1) is 6.92 Å². The first kappa shape index (κ1) is 14.3. The minimum absolute atomic E-state index is 0.669. The number of aromatic nitrogens is 2. The highest BCUT2D eigenvalue weighted by Crippen LogP contribution is 2.24. The van der Waals surface area contributed by atoms with Crippen molar-refractivity contribution in [2.75, 3.05) is 5.32 Å². The van der Waals surface area contributed by atoms with E-state index in [0.29, 0.717) is 6.54 Å². The van der Waals surface area contributed by atoms with E-state index in [0.717, 1.165) is 37.6 Å². The van der Waals surface area contributed by atoms with Crippen LogP contribution in [-0.4, -0.2) is 9.97 Å². The van der Waals surface area contributed by atoms with Gasteiger partial charge in [-0.1, -0.05) is 39.7 Å². The maximum absolute atomic E-state index is 6.01. The number of halogens is 2. The smallest absolute Gasteiger partial charge is 0.137 e. The summed E-state index contributed by atoms with van der Waals surface area (Å²) in [6.07, 6.45) is 0. The van der Waals surface area contributed by atoms with E-state index < -0.39 is 0 Å². The van der Waals surface area contributed by atoms with Gasteiger partial charge in [0.25, 0.3) is 0 Å². The molecule has 0 aliphatic carbocycles. The Morgan fingerprint density at radius 3 is 2.81 bits per heavy atom. The van der Waals surface area contributed by atoms with Gasteiger partial charge in [0.15, 0.2) is 0 Å². The summed E-state index contributed by atoms with van der Waals surface area (Å²) in [5.74, 6) is 1.58. The monoisotopic (exact) mass is 361 g/mol. The first-order chi connectivity index (χ1) is 10.1. The van der Waals surface area contributed by atoms with Gasteiger partial charge < -0.3 is 5.32 Å². The predicted molar refractivity (Wildman–Crippen MR) is 90.8 cm³/mol. The molecule has 0 saturated heterocycles. The van der Waals surface area contributed by atoms with Crippen molar-refractivity contribution in [2.45, 2.75) is 13.5 Å². The lowest BCUT2D eigenvalue weighted by Crippen LogP contribution is -2.04. The Kier molecular flexibility index (Phi) is 4.08. The maximum Gasteiger partial charge on any atom is 0.137 e. The highest BCUT2D eigenvalue weighted by Gasteiger charge is 2.06. The van der Waals surface area contributed by atoms with Gasteiger partial charge in [-0.05, 0) is 42.8 Å². The van der Waals surface area contributed by atoms with E-state index in [1.54, 1.807) is 0 Å². The molecule has 0 radical (unpaired) electrons. The number of hydrogen-bond acceptors (Lipinski definition) is 3. The van der Waals surface area contributed by atoms with Gasteiger partial charge in [0.05, 0.1) is 5.52 Å². The largest absolute Gasteiger partial charge is 0.365 e. The topological polar surface area (TPSA) is 37.8 Å². The number of nitrogens with zero attached hydrogens (tertiary/aromatic N) is 2. The second-order valence-electron chi connectivity index (χ2n) is 4.76. The SMILES string of the molecule is Cc1nc(NCc2cccc(Cl)c2)c2ccc(Br)cc2n1. The fourth-order valence-corrected chi connectivity index (χ4v) is 2.75. The summed E-state index contributed by atoms with van der Waals surface area (Å²) in [4.78, 5) is 8.96.